The largest absolute Gasteiger partial charge is 0.469 e. The van der Waals surface area contributed by atoms with Crippen molar-refractivity contribution in [1.29, 1.82) is 0 Å². The Balaban J connectivity index is 0.000000214. The molecule has 3 atom stereocenters. The summed E-state index contributed by atoms with van der Waals surface area (Å²) < 4.78 is 15.0. The van der Waals surface area contributed by atoms with Gasteiger partial charge < -0.3 is 29.6 Å². The SMILES string of the molecule is COC(=O)C1CC(=O)N[C@H](Cc2c(C)[nH]c3ccccc23)C1O.Cc1ccc2c(c1)OCO2. The van der Waals surface area contributed by atoms with Crippen LogP contribution in [0.15, 0.2) is 42.5 Å². The van der Waals surface area contributed by atoms with Crippen LogP contribution < -0.4 is 14.8 Å². The molecular weight excluding hydrogens is 424 g/mol. The highest BCUT2D eigenvalue weighted by Gasteiger charge is 2.40. The van der Waals surface area contributed by atoms with E-state index >= 15 is 0 Å². The summed E-state index contributed by atoms with van der Waals surface area (Å²) in [5.41, 5.74) is 4.24. The first-order valence-electron chi connectivity index (χ1n) is 10.8. The first kappa shape index (κ1) is 22.7. The third-order valence-corrected chi connectivity index (χ3v) is 6.06. The van der Waals surface area contributed by atoms with Gasteiger partial charge in [0, 0.05) is 23.0 Å². The maximum absolute atomic E-state index is 11.9. The second-order valence-corrected chi connectivity index (χ2v) is 8.33. The van der Waals surface area contributed by atoms with Crippen LogP contribution in [-0.2, 0) is 20.7 Å². The Morgan fingerprint density at radius 2 is 1.91 bits per heavy atom. The number of methoxy groups -OCH3 is 1. The molecule has 0 bridgehead atoms. The molecule has 174 valence electrons. The average Bonchev–Trinajstić information content (AvgIpc) is 3.39. The average molecular weight is 453 g/mol. The van der Waals surface area contributed by atoms with Crippen molar-refractivity contribution < 1.29 is 28.9 Å². The number of fused-ring (bicyclic) bond motifs is 2. The molecule has 3 heterocycles. The molecule has 1 fully saturated rings. The van der Waals surface area contributed by atoms with Crippen LogP contribution in [0.4, 0.5) is 0 Å². The van der Waals surface area contributed by atoms with Crippen LogP contribution in [0.1, 0.15) is 23.2 Å². The number of benzene rings is 2. The summed E-state index contributed by atoms with van der Waals surface area (Å²) in [6.45, 7) is 4.35. The highest BCUT2D eigenvalue weighted by Crippen LogP contribution is 2.32. The van der Waals surface area contributed by atoms with Crippen LogP contribution in [0, 0.1) is 19.8 Å². The zero-order chi connectivity index (χ0) is 23.5. The Morgan fingerprint density at radius 1 is 1.15 bits per heavy atom. The van der Waals surface area contributed by atoms with Crippen LogP contribution >= 0.6 is 0 Å². The van der Waals surface area contributed by atoms with Crippen molar-refractivity contribution in [2.45, 2.75) is 38.8 Å². The Kier molecular flexibility index (Phi) is 6.55. The predicted molar refractivity (Wildman–Crippen MR) is 122 cm³/mol. The van der Waals surface area contributed by atoms with Gasteiger partial charge >= 0.3 is 5.97 Å². The summed E-state index contributed by atoms with van der Waals surface area (Å²) in [5.74, 6) is 0.107. The van der Waals surface area contributed by atoms with Crippen LogP contribution in [0.25, 0.3) is 10.9 Å². The molecule has 2 aliphatic rings. The molecular formula is C25H28N2O6. The first-order chi connectivity index (χ1) is 15.9. The molecule has 0 radical (unpaired) electrons. The molecule has 2 unspecified atom stereocenters. The monoisotopic (exact) mass is 452 g/mol. The smallest absolute Gasteiger partial charge is 0.311 e. The molecule has 0 aliphatic carbocycles. The van der Waals surface area contributed by atoms with Gasteiger partial charge in [0.25, 0.3) is 0 Å². The summed E-state index contributed by atoms with van der Waals surface area (Å²) in [4.78, 5) is 27.0. The van der Waals surface area contributed by atoms with Crippen molar-refractivity contribution >= 4 is 22.8 Å². The predicted octanol–water partition coefficient (Wildman–Crippen LogP) is 2.78. The van der Waals surface area contributed by atoms with Crippen LogP contribution in [0.2, 0.25) is 0 Å². The van der Waals surface area contributed by atoms with Crippen molar-refractivity contribution in [3.63, 3.8) is 0 Å². The third-order valence-electron chi connectivity index (χ3n) is 6.06. The number of aliphatic hydroxyl groups excluding tert-OH is 1. The zero-order valence-corrected chi connectivity index (χ0v) is 18.9. The summed E-state index contributed by atoms with van der Waals surface area (Å²) in [5, 5.41) is 14.3. The van der Waals surface area contributed by atoms with Gasteiger partial charge in [0.2, 0.25) is 12.7 Å². The quantitative estimate of drug-likeness (QED) is 0.527. The van der Waals surface area contributed by atoms with Crippen molar-refractivity contribution in [1.82, 2.24) is 10.3 Å². The number of amides is 1. The van der Waals surface area contributed by atoms with Gasteiger partial charge in [0.15, 0.2) is 11.5 Å². The lowest BCUT2D eigenvalue weighted by Gasteiger charge is -2.33. The molecule has 3 aromatic rings. The van der Waals surface area contributed by atoms with Crippen LogP contribution in [-0.4, -0.2) is 48.0 Å². The molecule has 1 aromatic heterocycles. The van der Waals surface area contributed by atoms with Gasteiger partial charge in [-0.1, -0.05) is 24.3 Å². The van der Waals surface area contributed by atoms with E-state index in [2.05, 4.69) is 10.3 Å². The second kappa shape index (κ2) is 9.54. The third kappa shape index (κ3) is 4.80. The minimum absolute atomic E-state index is 0.0444. The number of piperidine rings is 1. The summed E-state index contributed by atoms with van der Waals surface area (Å²) >= 11 is 0. The molecule has 1 saturated heterocycles. The lowest BCUT2D eigenvalue weighted by atomic mass is 9.85. The van der Waals surface area contributed by atoms with Gasteiger partial charge in [0.1, 0.15) is 0 Å². The fourth-order valence-electron chi connectivity index (χ4n) is 4.32. The number of H-pyrrole nitrogens is 1. The minimum Gasteiger partial charge on any atom is -0.469 e. The van der Waals surface area contributed by atoms with E-state index in [1.54, 1.807) is 0 Å². The topological polar surface area (TPSA) is 110 Å². The highest BCUT2D eigenvalue weighted by molar-refractivity contribution is 5.86. The van der Waals surface area contributed by atoms with Gasteiger partial charge in [-0.15, -0.1) is 0 Å². The number of aryl methyl sites for hydroxylation is 2. The van der Waals surface area contributed by atoms with E-state index in [1.165, 1.54) is 12.7 Å². The maximum atomic E-state index is 11.9. The summed E-state index contributed by atoms with van der Waals surface area (Å²) in [7, 11) is 1.26. The molecule has 0 saturated carbocycles. The summed E-state index contributed by atoms with van der Waals surface area (Å²) in [6, 6.07) is 13.3. The Hall–Kier alpha value is -3.52. The number of aromatic nitrogens is 1. The Labute approximate surface area is 191 Å². The number of hydrogen-bond acceptors (Lipinski definition) is 6. The van der Waals surface area contributed by atoms with Gasteiger partial charge in [-0.25, -0.2) is 0 Å². The lowest BCUT2D eigenvalue weighted by Crippen LogP contribution is -2.55. The molecule has 5 rings (SSSR count). The van der Waals surface area contributed by atoms with Gasteiger partial charge in [-0.3, -0.25) is 9.59 Å². The normalized spacial score (nSPS) is 21.2. The number of hydrogen-bond donors (Lipinski definition) is 3. The highest BCUT2D eigenvalue weighted by atomic mass is 16.7. The van der Waals surface area contributed by atoms with Gasteiger partial charge in [0.05, 0.1) is 25.2 Å². The van der Waals surface area contributed by atoms with E-state index in [4.69, 9.17) is 14.2 Å². The van der Waals surface area contributed by atoms with Crippen molar-refractivity contribution in [2.24, 2.45) is 5.92 Å². The molecule has 33 heavy (non-hydrogen) atoms. The zero-order valence-electron chi connectivity index (χ0n) is 18.9. The molecule has 2 aliphatic heterocycles. The number of ether oxygens (including phenoxy) is 3. The number of aromatic amines is 1. The Bertz CT molecular complexity index is 1170. The van der Waals surface area contributed by atoms with Crippen LogP contribution in [0.5, 0.6) is 11.5 Å². The Morgan fingerprint density at radius 3 is 2.70 bits per heavy atom. The van der Waals surface area contributed by atoms with E-state index < -0.39 is 24.0 Å². The standard InChI is InChI=1S/C17H20N2O4.C8H8O2/c1-9-11(10-5-3-4-6-13(10)18-9)7-14-16(21)12(17(22)23-2)8-15(20)19-14;1-6-2-3-7-8(4-6)10-5-9-7/h3-6,12,14,16,18,21H,7-8H2,1-2H3,(H,19,20);2-4H,5H2,1H3/t12?,14-,16?;/m1./s1. The first-order valence-corrected chi connectivity index (χ1v) is 10.8. The fraction of sp³-hybridized carbons (Fsp3) is 0.360. The lowest BCUT2D eigenvalue weighted by molar-refractivity contribution is -0.155. The van der Waals surface area contributed by atoms with E-state index in [0.29, 0.717) is 13.2 Å². The fourth-order valence-corrected chi connectivity index (χ4v) is 4.32. The number of esters is 1. The molecule has 0 spiro atoms. The molecule has 3 N–H and O–H groups in total. The number of aliphatic hydroxyl groups is 1. The number of para-hydroxylation sites is 1. The van der Waals surface area contributed by atoms with E-state index in [-0.39, 0.29) is 12.3 Å². The van der Waals surface area contributed by atoms with Crippen molar-refractivity contribution in [3.8, 4) is 11.5 Å². The van der Waals surface area contributed by atoms with Gasteiger partial charge in [-0.2, -0.15) is 0 Å². The number of nitrogens with one attached hydrogen (secondary N) is 2. The number of carbonyl (C=O) groups is 2. The molecule has 8 nitrogen and oxygen atoms in total. The van der Waals surface area contributed by atoms with Gasteiger partial charge in [-0.05, 0) is 49.6 Å². The van der Waals surface area contributed by atoms with Crippen molar-refractivity contribution in [2.75, 3.05) is 13.9 Å². The van der Waals surface area contributed by atoms with E-state index in [0.717, 1.165) is 33.7 Å². The number of rotatable bonds is 3. The minimum atomic E-state index is -0.965. The summed E-state index contributed by atoms with van der Waals surface area (Å²) in [6.07, 6.45) is -0.554. The number of carbonyl (C=O) groups excluding carboxylic acids is 2. The maximum Gasteiger partial charge on any atom is 0.311 e. The molecule has 2 aromatic carbocycles. The van der Waals surface area contributed by atoms with Crippen LogP contribution in [0.3, 0.4) is 0 Å². The second-order valence-electron chi connectivity index (χ2n) is 8.33. The van der Waals surface area contributed by atoms with E-state index in [1.807, 2.05) is 56.3 Å². The van der Waals surface area contributed by atoms with E-state index in [9.17, 15) is 14.7 Å². The van der Waals surface area contributed by atoms with Crippen molar-refractivity contribution in [3.05, 3.63) is 59.3 Å². The molecule has 1 amide bonds. The molecule has 8 heteroatoms.